The van der Waals surface area contributed by atoms with Gasteiger partial charge in [0.15, 0.2) is 0 Å². The number of esters is 1. The third-order valence-electron chi connectivity index (χ3n) is 6.26. The molecule has 1 atom stereocenters. The second-order valence-corrected chi connectivity index (χ2v) is 10.0. The van der Waals surface area contributed by atoms with Crippen LogP contribution in [0.4, 0.5) is 0 Å². The Bertz CT molecular complexity index is 1010. The predicted octanol–water partition coefficient (Wildman–Crippen LogP) is 3.25. The highest BCUT2D eigenvalue weighted by molar-refractivity contribution is 7.98. The summed E-state index contributed by atoms with van der Waals surface area (Å²) in [5.74, 6) is -1.40. The van der Waals surface area contributed by atoms with Crippen LogP contribution in [0.1, 0.15) is 31.2 Å². The lowest BCUT2D eigenvalue weighted by Crippen LogP contribution is -2.52. The fraction of sp³-hybridized carbons (Fsp3) is 0.500. The van der Waals surface area contributed by atoms with Gasteiger partial charge in [0, 0.05) is 42.9 Å². The molecule has 2 saturated heterocycles. The molecule has 0 radical (unpaired) electrons. The van der Waals surface area contributed by atoms with Crippen molar-refractivity contribution in [3.05, 3.63) is 33.8 Å². The Hall–Kier alpha value is -2.23. The van der Waals surface area contributed by atoms with Crippen LogP contribution in [0.25, 0.3) is 6.08 Å². The molecular weight excluding hydrogens is 513 g/mol. The summed E-state index contributed by atoms with van der Waals surface area (Å²) in [6.45, 7) is 1.49. The van der Waals surface area contributed by atoms with Gasteiger partial charge in [-0.15, -0.1) is 11.8 Å². The van der Waals surface area contributed by atoms with Crippen molar-refractivity contribution in [2.24, 2.45) is 5.92 Å². The Morgan fingerprint density at radius 3 is 2.51 bits per heavy atom. The molecule has 0 saturated carbocycles. The maximum Gasteiger partial charge on any atom is 0.330 e. The van der Waals surface area contributed by atoms with E-state index in [9.17, 15) is 19.2 Å². The largest absolute Gasteiger partial charge is 0.467 e. The number of nitrogens with zero attached hydrogens (tertiary/aromatic N) is 2. The molecule has 0 spiro atoms. The minimum Gasteiger partial charge on any atom is -0.467 e. The van der Waals surface area contributed by atoms with Crippen LogP contribution >= 0.6 is 35.0 Å². The van der Waals surface area contributed by atoms with Crippen LogP contribution in [-0.4, -0.2) is 79.1 Å². The third-order valence-corrected chi connectivity index (χ3v) is 8.04. The number of likely N-dealkylation sites (tertiary alicyclic amines) is 2. The van der Waals surface area contributed by atoms with Gasteiger partial charge in [-0.3, -0.25) is 14.4 Å². The number of benzene rings is 1. The summed E-state index contributed by atoms with van der Waals surface area (Å²) < 4.78 is 4.82. The molecule has 3 amide bonds. The number of nitrogens with one attached hydrogen (secondary N) is 1. The number of amides is 3. The van der Waals surface area contributed by atoms with Crippen LogP contribution < -0.4 is 5.32 Å². The second-order valence-electron chi connectivity index (χ2n) is 8.45. The number of ether oxygens (including phenoxy) is 1. The number of rotatable bonds is 8. The molecule has 3 rings (SSSR count). The first-order chi connectivity index (χ1) is 16.7. The number of halogens is 2. The molecule has 11 heteroatoms. The molecule has 8 nitrogen and oxygen atoms in total. The average molecular weight is 542 g/mol. The normalized spacial score (nSPS) is 17.7. The molecule has 0 bridgehead atoms. The van der Waals surface area contributed by atoms with E-state index in [-0.39, 0.29) is 30.2 Å². The van der Waals surface area contributed by atoms with Crippen LogP contribution in [0.5, 0.6) is 0 Å². The van der Waals surface area contributed by atoms with Crippen molar-refractivity contribution < 1.29 is 23.9 Å². The lowest BCUT2D eigenvalue weighted by molar-refractivity contribution is -0.147. The standard InChI is InChI=1S/C24H29Cl2N3O5S/c1-34-24(33)17(14-29-11-3-4-19(29)30)27-23(32)16-9-12-28(13-10-16)20(31)8-6-15-5-7-18(35-2)22(26)21(15)25/h5-8,16-17H,3-4,9-14H2,1-2H3,(H,27,32). The summed E-state index contributed by atoms with van der Waals surface area (Å²) in [4.78, 5) is 53.7. The highest BCUT2D eigenvalue weighted by atomic mass is 35.5. The molecule has 2 aliphatic heterocycles. The highest BCUT2D eigenvalue weighted by Crippen LogP contribution is 2.35. The molecule has 0 aliphatic carbocycles. The zero-order valence-electron chi connectivity index (χ0n) is 19.7. The topological polar surface area (TPSA) is 96.0 Å². The molecule has 2 heterocycles. The summed E-state index contributed by atoms with van der Waals surface area (Å²) in [7, 11) is 1.25. The van der Waals surface area contributed by atoms with E-state index in [0.717, 1.165) is 11.3 Å². The molecule has 1 unspecified atom stereocenters. The summed E-state index contributed by atoms with van der Waals surface area (Å²) >= 11 is 14.1. The van der Waals surface area contributed by atoms with Gasteiger partial charge < -0.3 is 19.9 Å². The SMILES string of the molecule is COC(=O)C(CN1CCCC1=O)NC(=O)C1CCN(C(=O)C=Cc2ccc(SC)c(Cl)c2Cl)CC1. The van der Waals surface area contributed by atoms with Crippen molar-refractivity contribution in [3.63, 3.8) is 0 Å². The van der Waals surface area contributed by atoms with E-state index in [1.54, 1.807) is 15.9 Å². The van der Waals surface area contributed by atoms with Gasteiger partial charge in [-0.05, 0) is 43.2 Å². The number of carbonyl (C=O) groups excluding carboxylic acids is 4. The summed E-state index contributed by atoms with van der Waals surface area (Å²) in [5, 5.41) is 3.60. The Morgan fingerprint density at radius 2 is 1.91 bits per heavy atom. The van der Waals surface area contributed by atoms with Gasteiger partial charge in [0.2, 0.25) is 17.7 Å². The van der Waals surface area contributed by atoms with Gasteiger partial charge in [0.05, 0.1) is 23.7 Å². The highest BCUT2D eigenvalue weighted by Gasteiger charge is 2.32. The summed E-state index contributed by atoms with van der Waals surface area (Å²) in [5.41, 5.74) is 0.655. The number of thioether (sulfide) groups is 1. The smallest absolute Gasteiger partial charge is 0.330 e. The summed E-state index contributed by atoms with van der Waals surface area (Å²) in [6.07, 6.45) is 7.13. The first-order valence-corrected chi connectivity index (χ1v) is 13.4. The van der Waals surface area contributed by atoms with Crippen LogP contribution in [0.15, 0.2) is 23.1 Å². The predicted molar refractivity (Wildman–Crippen MR) is 136 cm³/mol. The number of piperidine rings is 1. The van der Waals surface area contributed by atoms with E-state index >= 15 is 0 Å². The van der Waals surface area contributed by atoms with Gasteiger partial charge in [0.25, 0.3) is 0 Å². The van der Waals surface area contributed by atoms with E-state index in [4.69, 9.17) is 27.9 Å². The van der Waals surface area contributed by atoms with Crippen LogP contribution in [0, 0.1) is 5.92 Å². The van der Waals surface area contributed by atoms with Crippen LogP contribution in [0.3, 0.4) is 0 Å². The Balaban J connectivity index is 1.53. The van der Waals surface area contributed by atoms with Gasteiger partial charge in [-0.1, -0.05) is 29.3 Å². The van der Waals surface area contributed by atoms with Gasteiger partial charge >= 0.3 is 5.97 Å². The van der Waals surface area contributed by atoms with Gasteiger partial charge in [0.1, 0.15) is 6.04 Å². The van der Waals surface area contributed by atoms with E-state index in [0.29, 0.717) is 54.5 Å². The van der Waals surface area contributed by atoms with Crippen molar-refractivity contribution in [1.29, 1.82) is 0 Å². The third kappa shape index (κ3) is 6.92. The van der Waals surface area contributed by atoms with Crippen LogP contribution in [0.2, 0.25) is 10.0 Å². The van der Waals surface area contributed by atoms with E-state index < -0.39 is 12.0 Å². The minimum absolute atomic E-state index is 0.0308. The quantitative estimate of drug-likeness (QED) is 0.308. The number of hydrogen-bond donors (Lipinski definition) is 1. The molecule has 1 aromatic carbocycles. The van der Waals surface area contributed by atoms with Crippen molar-refractivity contribution in [3.8, 4) is 0 Å². The maximum atomic E-state index is 12.8. The fourth-order valence-electron chi connectivity index (χ4n) is 4.19. The zero-order chi connectivity index (χ0) is 25.5. The maximum absolute atomic E-state index is 12.8. The summed E-state index contributed by atoms with van der Waals surface area (Å²) in [6, 6.07) is 2.76. The average Bonchev–Trinajstić information content (AvgIpc) is 3.27. The van der Waals surface area contributed by atoms with Gasteiger partial charge in [-0.2, -0.15) is 0 Å². The minimum atomic E-state index is -0.911. The second kappa shape index (κ2) is 12.6. The Kier molecular flexibility index (Phi) is 9.89. The number of hydrogen-bond acceptors (Lipinski definition) is 6. The monoisotopic (exact) mass is 541 g/mol. The Morgan fingerprint density at radius 1 is 1.20 bits per heavy atom. The zero-order valence-corrected chi connectivity index (χ0v) is 22.0. The van der Waals surface area contributed by atoms with Crippen LogP contribution in [-0.2, 0) is 23.9 Å². The van der Waals surface area contributed by atoms with Crippen molar-refractivity contribution in [2.75, 3.05) is 39.5 Å². The Labute approximate surface area is 219 Å². The molecule has 0 aromatic heterocycles. The molecule has 1 N–H and O–H groups in total. The molecular formula is C24H29Cl2N3O5S. The fourth-order valence-corrected chi connectivity index (χ4v) is 5.36. The van der Waals surface area contributed by atoms with Crippen molar-refractivity contribution >= 4 is 64.7 Å². The number of carbonyl (C=O) groups is 4. The van der Waals surface area contributed by atoms with Gasteiger partial charge in [-0.25, -0.2) is 4.79 Å². The van der Waals surface area contributed by atoms with E-state index in [1.165, 1.54) is 24.9 Å². The number of methoxy groups -OCH3 is 1. The lowest BCUT2D eigenvalue weighted by Gasteiger charge is -2.31. The molecule has 2 fully saturated rings. The van der Waals surface area contributed by atoms with E-state index in [1.807, 2.05) is 18.4 Å². The molecule has 190 valence electrons. The first-order valence-electron chi connectivity index (χ1n) is 11.4. The lowest BCUT2D eigenvalue weighted by atomic mass is 9.95. The molecule has 2 aliphatic rings. The van der Waals surface area contributed by atoms with Crippen molar-refractivity contribution in [2.45, 2.75) is 36.6 Å². The first kappa shape index (κ1) is 27.4. The molecule has 1 aromatic rings. The van der Waals surface area contributed by atoms with Crippen molar-refractivity contribution in [1.82, 2.24) is 15.1 Å². The molecule has 35 heavy (non-hydrogen) atoms. The van der Waals surface area contributed by atoms with E-state index in [2.05, 4.69) is 5.32 Å².